The zero-order valence-corrected chi connectivity index (χ0v) is 9.26. The van der Waals surface area contributed by atoms with Crippen molar-refractivity contribution in [2.24, 2.45) is 5.92 Å². The van der Waals surface area contributed by atoms with Crippen LogP contribution >= 0.6 is 0 Å². The number of carbonyl (C=O) groups excluding carboxylic acids is 1. The van der Waals surface area contributed by atoms with Crippen molar-refractivity contribution in [3.05, 3.63) is 0 Å². The smallest absolute Gasteiger partial charge is 0.236 e. The average Bonchev–Trinajstić information content (AvgIpc) is 2.04. The van der Waals surface area contributed by atoms with Gasteiger partial charge in [-0.1, -0.05) is 20.3 Å². The molecule has 0 aliphatic heterocycles. The fourth-order valence-electron chi connectivity index (χ4n) is 1.18. The Morgan fingerprint density at radius 3 is 2.54 bits per heavy atom. The quantitative estimate of drug-likeness (QED) is 0.673. The van der Waals surface area contributed by atoms with Crippen molar-refractivity contribution in [2.75, 3.05) is 27.2 Å². The van der Waals surface area contributed by atoms with Crippen molar-refractivity contribution >= 4 is 5.91 Å². The molecule has 1 atom stereocenters. The first-order valence-electron chi connectivity index (χ1n) is 4.98. The Balaban J connectivity index is 3.39. The summed E-state index contributed by atoms with van der Waals surface area (Å²) in [5.41, 5.74) is 0. The van der Waals surface area contributed by atoms with Gasteiger partial charge in [0.05, 0.1) is 6.54 Å². The van der Waals surface area contributed by atoms with Gasteiger partial charge in [0.15, 0.2) is 0 Å². The van der Waals surface area contributed by atoms with Crippen LogP contribution < -0.4 is 5.32 Å². The fraction of sp³-hybridized carbons (Fsp3) is 0.900. The highest BCUT2D eigenvalue weighted by atomic mass is 16.2. The van der Waals surface area contributed by atoms with E-state index in [0.29, 0.717) is 12.5 Å². The first kappa shape index (κ1) is 12.4. The molecule has 0 unspecified atom stereocenters. The first-order valence-corrected chi connectivity index (χ1v) is 4.98. The van der Waals surface area contributed by atoms with Gasteiger partial charge in [0, 0.05) is 14.1 Å². The van der Waals surface area contributed by atoms with Gasteiger partial charge in [-0.3, -0.25) is 4.79 Å². The molecule has 0 saturated heterocycles. The molecule has 0 bridgehead atoms. The van der Waals surface area contributed by atoms with Gasteiger partial charge in [-0.15, -0.1) is 0 Å². The molecule has 0 fully saturated rings. The van der Waals surface area contributed by atoms with E-state index in [1.165, 1.54) is 12.8 Å². The Hall–Kier alpha value is -0.570. The summed E-state index contributed by atoms with van der Waals surface area (Å²) in [6.45, 7) is 5.78. The van der Waals surface area contributed by atoms with Crippen LogP contribution in [0.4, 0.5) is 0 Å². The molecule has 0 aromatic carbocycles. The Labute approximate surface area is 81.5 Å². The number of nitrogens with zero attached hydrogens (tertiary/aromatic N) is 1. The molecule has 0 saturated carbocycles. The standard InChI is InChI=1S/C10H22N2O/c1-5-6-9(2)7-11-8-10(13)12(3)4/h9,11H,5-8H2,1-4H3/t9-/m0/s1. The minimum atomic E-state index is 0.142. The fourth-order valence-corrected chi connectivity index (χ4v) is 1.18. The maximum Gasteiger partial charge on any atom is 0.236 e. The molecule has 0 aromatic heterocycles. The van der Waals surface area contributed by atoms with E-state index < -0.39 is 0 Å². The van der Waals surface area contributed by atoms with Crippen molar-refractivity contribution in [2.45, 2.75) is 26.7 Å². The third-order valence-corrected chi connectivity index (χ3v) is 2.05. The van der Waals surface area contributed by atoms with Gasteiger partial charge < -0.3 is 10.2 Å². The van der Waals surface area contributed by atoms with Crippen molar-refractivity contribution < 1.29 is 4.79 Å². The summed E-state index contributed by atoms with van der Waals surface area (Å²) >= 11 is 0. The molecule has 0 radical (unpaired) electrons. The summed E-state index contributed by atoms with van der Waals surface area (Å²) < 4.78 is 0. The summed E-state index contributed by atoms with van der Waals surface area (Å²) in [7, 11) is 3.55. The van der Waals surface area contributed by atoms with Crippen LogP contribution in [0.15, 0.2) is 0 Å². The highest BCUT2D eigenvalue weighted by molar-refractivity contribution is 5.77. The van der Waals surface area contributed by atoms with Gasteiger partial charge in [-0.25, -0.2) is 0 Å². The predicted molar refractivity (Wildman–Crippen MR) is 55.6 cm³/mol. The van der Waals surface area contributed by atoms with E-state index in [1.54, 1.807) is 19.0 Å². The van der Waals surface area contributed by atoms with E-state index in [4.69, 9.17) is 0 Å². The topological polar surface area (TPSA) is 32.3 Å². The Bertz CT molecular complexity index is 146. The SMILES string of the molecule is CCC[C@H](C)CNCC(=O)N(C)C. The maximum atomic E-state index is 11.1. The molecule has 0 aliphatic carbocycles. The third-order valence-electron chi connectivity index (χ3n) is 2.05. The van der Waals surface area contributed by atoms with Gasteiger partial charge in [0.2, 0.25) is 5.91 Å². The molecule has 1 N–H and O–H groups in total. The van der Waals surface area contributed by atoms with Crippen LogP contribution in [-0.2, 0) is 4.79 Å². The van der Waals surface area contributed by atoms with Crippen LogP contribution in [0.1, 0.15) is 26.7 Å². The van der Waals surface area contributed by atoms with E-state index in [2.05, 4.69) is 19.2 Å². The van der Waals surface area contributed by atoms with Crippen LogP contribution in [0.25, 0.3) is 0 Å². The van der Waals surface area contributed by atoms with Gasteiger partial charge >= 0.3 is 0 Å². The zero-order valence-electron chi connectivity index (χ0n) is 9.26. The Morgan fingerprint density at radius 2 is 2.08 bits per heavy atom. The Kier molecular flexibility index (Phi) is 6.59. The summed E-state index contributed by atoms with van der Waals surface area (Å²) in [6.07, 6.45) is 2.44. The lowest BCUT2D eigenvalue weighted by Crippen LogP contribution is -2.34. The normalized spacial score (nSPS) is 12.6. The maximum absolute atomic E-state index is 11.1. The highest BCUT2D eigenvalue weighted by Gasteiger charge is 2.04. The van der Waals surface area contributed by atoms with E-state index in [-0.39, 0.29) is 5.91 Å². The monoisotopic (exact) mass is 186 g/mol. The van der Waals surface area contributed by atoms with E-state index in [9.17, 15) is 4.79 Å². The molecule has 13 heavy (non-hydrogen) atoms. The van der Waals surface area contributed by atoms with Crippen LogP contribution in [-0.4, -0.2) is 38.0 Å². The van der Waals surface area contributed by atoms with Crippen LogP contribution in [0.5, 0.6) is 0 Å². The average molecular weight is 186 g/mol. The first-order chi connectivity index (χ1) is 6.07. The second-order valence-corrected chi connectivity index (χ2v) is 3.81. The van der Waals surface area contributed by atoms with E-state index >= 15 is 0 Å². The lowest BCUT2D eigenvalue weighted by atomic mass is 10.1. The number of nitrogens with one attached hydrogen (secondary N) is 1. The van der Waals surface area contributed by atoms with Crippen LogP contribution in [0.3, 0.4) is 0 Å². The molecule has 0 spiro atoms. The summed E-state index contributed by atoms with van der Waals surface area (Å²) in [5.74, 6) is 0.809. The van der Waals surface area contributed by atoms with Gasteiger partial charge in [0.25, 0.3) is 0 Å². The minimum Gasteiger partial charge on any atom is -0.348 e. The van der Waals surface area contributed by atoms with Crippen molar-refractivity contribution in [3.8, 4) is 0 Å². The summed E-state index contributed by atoms with van der Waals surface area (Å²) in [4.78, 5) is 12.8. The van der Waals surface area contributed by atoms with Crippen LogP contribution in [0.2, 0.25) is 0 Å². The number of rotatable bonds is 6. The number of carbonyl (C=O) groups is 1. The van der Waals surface area contributed by atoms with Gasteiger partial charge in [-0.2, -0.15) is 0 Å². The second-order valence-electron chi connectivity index (χ2n) is 3.81. The molecular weight excluding hydrogens is 164 g/mol. The molecular formula is C10H22N2O. The van der Waals surface area contributed by atoms with E-state index in [1.807, 2.05) is 0 Å². The largest absolute Gasteiger partial charge is 0.348 e. The molecule has 1 amide bonds. The summed E-state index contributed by atoms with van der Waals surface area (Å²) in [6, 6.07) is 0. The van der Waals surface area contributed by atoms with Crippen molar-refractivity contribution in [1.82, 2.24) is 10.2 Å². The lowest BCUT2D eigenvalue weighted by Gasteiger charge is -2.13. The molecule has 3 nitrogen and oxygen atoms in total. The minimum absolute atomic E-state index is 0.142. The zero-order chi connectivity index (χ0) is 10.3. The van der Waals surface area contributed by atoms with Gasteiger partial charge in [0.1, 0.15) is 0 Å². The Morgan fingerprint density at radius 1 is 1.46 bits per heavy atom. The molecule has 3 heteroatoms. The number of likely N-dealkylation sites (N-methyl/N-ethyl adjacent to an activating group) is 1. The predicted octanol–water partition coefficient (Wildman–Crippen LogP) is 1.10. The molecule has 0 rings (SSSR count). The highest BCUT2D eigenvalue weighted by Crippen LogP contribution is 2.02. The molecule has 0 aromatic rings. The van der Waals surface area contributed by atoms with Gasteiger partial charge in [-0.05, 0) is 18.9 Å². The molecule has 0 heterocycles. The molecule has 78 valence electrons. The second kappa shape index (κ2) is 6.89. The van der Waals surface area contributed by atoms with Crippen molar-refractivity contribution in [3.63, 3.8) is 0 Å². The number of amides is 1. The third kappa shape index (κ3) is 6.58. The lowest BCUT2D eigenvalue weighted by molar-refractivity contribution is -0.127. The number of hydrogen-bond acceptors (Lipinski definition) is 2. The van der Waals surface area contributed by atoms with E-state index in [0.717, 1.165) is 6.54 Å². The number of hydrogen-bond donors (Lipinski definition) is 1. The molecule has 0 aliphatic rings. The van der Waals surface area contributed by atoms with Crippen LogP contribution in [0, 0.1) is 5.92 Å². The van der Waals surface area contributed by atoms with Crippen molar-refractivity contribution in [1.29, 1.82) is 0 Å². The summed E-state index contributed by atoms with van der Waals surface area (Å²) in [5, 5.41) is 3.16.